The van der Waals surface area contributed by atoms with Crippen molar-refractivity contribution in [3.8, 4) is 0 Å². The molecule has 0 radical (unpaired) electrons. The fourth-order valence-electron chi connectivity index (χ4n) is 1.76. The molecule has 0 aliphatic heterocycles. The lowest BCUT2D eigenvalue weighted by molar-refractivity contribution is 0.450. The Kier molecular flexibility index (Phi) is 4.38. The second kappa shape index (κ2) is 5.27. The molecule has 1 aromatic heterocycles. The molecular weight excluding hydrogens is 222 g/mol. The molecule has 0 aliphatic carbocycles. The molecule has 3 heteroatoms. The zero-order valence-electron chi connectivity index (χ0n) is 12.8. The smallest absolute Gasteiger partial charge is 0.0750 e. The van der Waals surface area contributed by atoms with Crippen LogP contribution in [0.1, 0.15) is 52.8 Å². The van der Waals surface area contributed by atoms with Gasteiger partial charge in [0.1, 0.15) is 0 Å². The largest absolute Gasteiger partial charge is 0.309 e. The summed E-state index contributed by atoms with van der Waals surface area (Å²) in [5.41, 5.74) is 2.60. The van der Waals surface area contributed by atoms with Crippen molar-refractivity contribution in [2.75, 3.05) is 6.54 Å². The van der Waals surface area contributed by atoms with Crippen LogP contribution in [0.25, 0.3) is 6.08 Å². The highest BCUT2D eigenvalue weighted by Crippen LogP contribution is 2.24. The van der Waals surface area contributed by atoms with Gasteiger partial charge in [0.2, 0.25) is 0 Å². The molecule has 0 saturated carbocycles. The second-order valence-electron chi connectivity index (χ2n) is 6.89. The number of aryl methyl sites for hydroxylation is 1. The Bertz CT molecular complexity index is 414. The number of nitrogens with one attached hydrogen (secondary N) is 1. The van der Waals surface area contributed by atoms with Crippen LogP contribution in [-0.2, 0) is 12.5 Å². The first kappa shape index (κ1) is 15.0. The third kappa shape index (κ3) is 4.65. The summed E-state index contributed by atoms with van der Waals surface area (Å²) in [7, 11) is 1.97. The van der Waals surface area contributed by atoms with Gasteiger partial charge in [-0.1, -0.05) is 32.9 Å². The molecule has 102 valence electrons. The monoisotopic (exact) mass is 249 g/mol. The van der Waals surface area contributed by atoms with Gasteiger partial charge in [-0.05, 0) is 20.8 Å². The fourth-order valence-corrected chi connectivity index (χ4v) is 1.76. The van der Waals surface area contributed by atoms with Crippen LogP contribution < -0.4 is 5.32 Å². The van der Waals surface area contributed by atoms with Crippen LogP contribution in [0.5, 0.6) is 0 Å². The van der Waals surface area contributed by atoms with Gasteiger partial charge in [0.15, 0.2) is 0 Å². The number of hydrogen-bond donors (Lipinski definition) is 1. The first-order valence-electron chi connectivity index (χ1n) is 6.55. The normalized spacial score (nSPS) is 13.5. The van der Waals surface area contributed by atoms with Gasteiger partial charge in [-0.3, -0.25) is 4.68 Å². The number of rotatable bonds is 3. The van der Waals surface area contributed by atoms with E-state index in [0.29, 0.717) is 0 Å². The minimum atomic E-state index is 0.0817. The molecule has 0 amide bonds. The van der Waals surface area contributed by atoms with Gasteiger partial charge in [-0.25, -0.2) is 0 Å². The van der Waals surface area contributed by atoms with Gasteiger partial charge in [-0.2, -0.15) is 5.10 Å². The topological polar surface area (TPSA) is 29.9 Å². The van der Waals surface area contributed by atoms with Crippen molar-refractivity contribution in [2.45, 2.75) is 52.5 Å². The molecular formula is C15H27N3. The highest BCUT2D eigenvalue weighted by atomic mass is 15.3. The lowest BCUT2D eigenvalue weighted by atomic mass is 9.89. The van der Waals surface area contributed by atoms with Crippen LogP contribution in [0.4, 0.5) is 0 Å². The van der Waals surface area contributed by atoms with Gasteiger partial charge < -0.3 is 5.32 Å². The van der Waals surface area contributed by atoms with E-state index in [4.69, 9.17) is 0 Å². The Balaban J connectivity index is 2.76. The number of aromatic nitrogens is 2. The number of hydrogen-bond acceptors (Lipinski definition) is 2. The molecule has 3 nitrogen and oxygen atoms in total. The number of nitrogens with zero attached hydrogens (tertiary/aromatic N) is 2. The quantitative estimate of drug-likeness (QED) is 0.892. The molecule has 0 unspecified atom stereocenters. The van der Waals surface area contributed by atoms with E-state index < -0.39 is 0 Å². The molecule has 0 atom stereocenters. The van der Waals surface area contributed by atoms with Crippen LogP contribution in [-0.4, -0.2) is 21.9 Å². The lowest BCUT2D eigenvalue weighted by Gasteiger charge is -2.19. The van der Waals surface area contributed by atoms with Crippen molar-refractivity contribution >= 4 is 6.08 Å². The van der Waals surface area contributed by atoms with Crippen LogP contribution >= 0.6 is 0 Å². The van der Waals surface area contributed by atoms with E-state index >= 15 is 0 Å². The first-order valence-corrected chi connectivity index (χ1v) is 6.55. The van der Waals surface area contributed by atoms with Crippen molar-refractivity contribution in [3.05, 3.63) is 23.5 Å². The van der Waals surface area contributed by atoms with E-state index in [0.717, 1.165) is 12.2 Å². The van der Waals surface area contributed by atoms with Crippen molar-refractivity contribution in [2.24, 2.45) is 7.05 Å². The Morgan fingerprint density at radius 3 is 2.33 bits per heavy atom. The SMILES string of the molecule is Cn1cc(/C=C/CNC(C)(C)C)c(C(C)(C)C)n1. The summed E-state index contributed by atoms with van der Waals surface area (Å²) in [5.74, 6) is 0. The van der Waals surface area contributed by atoms with Crippen LogP contribution in [0.3, 0.4) is 0 Å². The van der Waals surface area contributed by atoms with Crippen LogP contribution in [0.2, 0.25) is 0 Å². The standard InChI is InChI=1S/C15H27N3/c1-14(2,3)13-12(11-18(7)17-13)9-8-10-16-15(4,5)6/h8-9,11,16H,10H2,1-7H3/b9-8+. The Labute approximate surface area is 111 Å². The van der Waals surface area contributed by atoms with Gasteiger partial charge in [0.25, 0.3) is 0 Å². The van der Waals surface area contributed by atoms with Crippen molar-refractivity contribution in [1.82, 2.24) is 15.1 Å². The Morgan fingerprint density at radius 1 is 1.22 bits per heavy atom. The average molecular weight is 249 g/mol. The maximum absolute atomic E-state index is 4.55. The predicted octanol–water partition coefficient (Wildman–Crippen LogP) is 3.12. The highest BCUT2D eigenvalue weighted by molar-refractivity contribution is 5.52. The molecule has 0 bridgehead atoms. The van der Waals surface area contributed by atoms with Gasteiger partial charge >= 0.3 is 0 Å². The molecule has 1 aromatic rings. The molecule has 1 rings (SSSR count). The maximum Gasteiger partial charge on any atom is 0.0750 e. The van der Waals surface area contributed by atoms with E-state index in [1.165, 1.54) is 5.56 Å². The minimum absolute atomic E-state index is 0.0817. The second-order valence-corrected chi connectivity index (χ2v) is 6.89. The Hall–Kier alpha value is -1.09. The van der Waals surface area contributed by atoms with E-state index in [1.54, 1.807) is 0 Å². The molecule has 0 spiro atoms. The summed E-state index contributed by atoms with van der Waals surface area (Å²) >= 11 is 0. The van der Waals surface area contributed by atoms with E-state index in [9.17, 15) is 0 Å². The van der Waals surface area contributed by atoms with Crippen LogP contribution in [0.15, 0.2) is 12.3 Å². The van der Waals surface area contributed by atoms with E-state index in [-0.39, 0.29) is 11.0 Å². The van der Waals surface area contributed by atoms with Crippen molar-refractivity contribution in [3.63, 3.8) is 0 Å². The average Bonchev–Trinajstić information content (AvgIpc) is 2.52. The summed E-state index contributed by atoms with van der Waals surface area (Å²) in [6, 6.07) is 0. The molecule has 0 saturated heterocycles. The predicted molar refractivity (Wildman–Crippen MR) is 78.7 cm³/mol. The van der Waals surface area contributed by atoms with Crippen LogP contribution in [0, 0.1) is 0 Å². The molecule has 0 fully saturated rings. The zero-order valence-corrected chi connectivity index (χ0v) is 12.8. The minimum Gasteiger partial charge on any atom is -0.309 e. The zero-order chi connectivity index (χ0) is 14.0. The molecule has 1 heterocycles. The summed E-state index contributed by atoms with van der Waals surface area (Å²) in [6.07, 6.45) is 6.40. The third-order valence-electron chi connectivity index (χ3n) is 2.62. The van der Waals surface area contributed by atoms with Gasteiger partial charge in [0.05, 0.1) is 5.69 Å². The first-order chi connectivity index (χ1) is 8.09. The molecule has 0 aromatic carbocycles. The van der Waals surface area contributed by atoms with Gasteiger partial charge in [0, 0.05) is 36.3 Å². The Morgan fingerprint density at radius 2 is 1.83 bits per heavy atom. The lowest BCUT2D eigenvalue weighted by Crippen LogP contribution is -2.35. The third-order valence-corrected chi connectivity index (χ3v) is 2.62. The maximum atomic E-state index is 4.55. The van der Waals surface area contributed by atoms with E-state index in [2.05, 4.69) is 70.3 Å². The summed E-state index contributed by atoms with van der Waals surface area (Å²) in [5, 5.41) is 8.00. The van der Waals surface area contributed by atoms with E-state index in [1.807, 2.05) is 11.7 Å². The molecule has 18 heavy (non-hydrogen) atoms. The fraction of sp³-hybridized carbons (Fsp3) is 0.667. The summed E-state index contributed by atoms with van der Waals surface area (Å²) in [4.78, 5) is 0. The van der Waals surface area contributed by atoms with Crippen molar-refractivity contribution < 1.29 is 0 Å². The van der Waals surface area contributed by atoms with Crippen molar-refractivity contribution in [1.29, 1.82) is 0 Å². The summed E-state index contributed by atoms with van der Waals surface area (Å²) < 4.78 is 1.89. The molecule has 0 aliphatic rings. The molecule has 1 N–H and O–H groups in total. The van der Waals surface area contributed by atoms with Gasteiger partial charge in [-0.15, -0.1) is 0 Å². The summed E-state index contributed by atoms with van der Waals surface area (Å²) in [6.45, 7) is 14.0. The highest BCUT2D eigenvalue weighted by Gasteiger charge is 2.20.